The van der Waals surface area contributed by atoms with Crippen molar-refractivity contribution < 1.29 is 49.3 Å². The molecule has 3 unspecified atom stereocenters. The van der Waals surface area contributed by atoms with E-state index in [-0.39, 0.29) is 62.5 Å². The number of hydrogen-bond donors (Lipinski definition) is 7. The average Bonchev–Trinajstić information content (AvgIpc) is 3.69. The molecule has 4 rings (SSSR count). The number of hydrogen-bond acceptors (Lipinski definition) is 13. The Morgan fingerprint density at radius 1 is 1.02 bits per heavy atom. The fourth-order valence-electron chi connectivity index (χ4n) is 9.39. The van der Waals surface area contributed by atoms with Crippen LogP contribution in [0.25, 0.3) is 0 Å². The van der Waals surface area contributed by atoms with Crippen molar-refractivity contribution in [3.05, 3.63) is 29.8 Å². The number of likely N-dealkylation sites (tertiary alicyclic amines) is 1. The van der Waals surface area contributed by atoms with Gasteiger partial charge in [0.15, 0.2) is 0 Å². The lowest BCUT2D eigenvalue weighted by atomic mass is 9.60. The molecule has 2 aliphatic carbocycles. The average molecular weight is 818 g/mol. The van der Waals surface area contributed by atoms with Gasteiger partial charge in [-0.1, -0.05) is 45.2 Å². The molecule has 328 valence electrons. The highest BCUT2D eigenvalue weighted by Crippen LogP contribution is 2.50. The molecule has 15 nitrogen and oxygen atoms in total. The maximum Gasteiger partial charge on any atom is 0.407 e. The van der Waals surface area contributed by atoms with Gasteiger partial charge in [-0.05, 0) is 101 Å². The van der Waals surface area contributed by atoms with Crippen molar-refractivity contribution in [2.75, 3.05) is 65.7 Å². The van der Waals surface area contributed by atoms with E-state index >= 15 is 0 Å². The third-order valence-electron chi connectivity index (χ3n) is 12.1. The number of fused-ring (bicyclic) bond motifs is 2. The molecule has 9 atom stereocenters. The molecule has 7 N–H and O–H groups in total. The van der Waals surface area contributed by atoms with E-state index in [0.29, 0.717) is 43.6 Å². The van der Waals surface area contributed by atoms with Crippen LogP contribution in [0.3, 0.4) is 0 Å². The molecule has 1 saturated heterocycles. The molecule has 0 aromatic heterocycles. The number of nitriles is 1. The van der Waals surface area contributed by atoms with E-state index in [4.69, 9.17) is 19.3 Å². The maximum atomic E-state index is 13.0. The minimum Gasteiger partial charge on any atom is -0.492 e. The number of carbonyl (C=O) groups is 2. The Hall–Kier alpha value is -3.07. The van der Waals surface area contributed by atoms with Crippen LogP contribution >= 0.6 is 0 Å². The lowest BCUT2D eigenvalue weighted by Crippen LogP contribution is -2.59. The van der Waals surface area contributed by atoms with Gasteiger partial charge in [-0.2, -0.15) is 5.26 Å². The summed E-state index contributed by atoms with van der Waals surface area (Å²) in [7, 11) is 0. The van der Waals surface area contributed by atoms with Gasteiger partial charge < -0.3 is 60.2 Å². The number of benzene rings is 1. The monoisotopic (exact) mass is 818 g/mol. The summed E-state index contributed by atoms with van der Waals surface area (Å²) in [4.78, 5) is 29.2. The molecule has 3 aliphatic rings. The summed E-state index contributed by atoms with van der Waals surface area (Å²) in [5.74, 6) is 1.62. The van der Waals surface area contributed by atoms with Crippen molar-refractivity contribution in [3.8, 4) is 11.8 Å². The Labute approximate surface area is 345 Å². The Bertz CT molecular complexity index is 1430. The Morgan fingerprint density at radius 3 is 2.50 bits per heavy atom. The number of nitrogens with zero attached hydrogens (tertiary/aromatic N) is 3. The minimum absolute atomic E-state index is 0.0227. The van der Waals surface area contributed by atoms with E-state index < -0.39 is 37.1 Å². The zero-order valence-electron chi connectivity index (χ0n) is 35.0. The Morgan fingerprint density at radius 2 is 1.78 bits per heavy atom. The van der Waals surface area contributed by atoms with Gasteiger partial charge in [-0.15, -0.1) is 0 Å². The second kappa shape index (κ2) is 23.6. The summed E-state index contributed by atoms with van der Waals surface area (Å²) in [6.45, 7) is 9.02. The van der Waals surface area contributed by atoms with Crippen LogP contribution in [0.5, 0.6) is 5.75 Å². The van der Waals surface area contributed by atoms with Gasteiger partial charge in [-0.3, -0.25) is 4.79 Å². The molecule has 3 fully saturated rings. The maximum absolute atomic E-state index is 13.0. The second-order valence-corrected chi connectivity index (χ2v) is 17.3. The van der Waals surface area contributed by atoms with Gasteiger partial charge in [-0.25, -0.2) is 4.79 Å². The largest absolute Gasteiger partial charge is 0.492 e. The SMILES string of the molecule is CCCCCCN(CCc1ccc(OCCNC(=O)OCCOC23CC(C[C@@H](C)C2)CC(C)(NCC(=O)N2CCC[C@H]2C#N)C3)cc1)C[C@H](O)[C@@H](O)[C@H](O)[C@H](O)CO. The van der Waals surface area contributed by atoms with Gasteiger partial charge >= 0.3 is 6.09 Å². The number of alkyl carbamates (subject to hydrolysis) is 1. The quantitative estimate of drug-likeness (QED) is 0.0708. The van der Waals surface area contributed by atoms with Crippen LogP contribution in [-0.4, -0.2) is 155 Å². The number of rotatable bonds is 25. The first-order valence-electron chi connectivity index (χ1n) is 21.5. The van der Waals surface area contributed by atoms with Gasteiger partial charge in [0.05, 0.1) is 44.1 Å². The number of amides is 2. The van der Waals surface area contributed by atoms with Crippen molar-refractivity contribution in [2.45, 2.75) is 139 Å². The summed E-state index contributed by atoms with van der Waals surface area (Å²) in [5.41, 5.74) is 0.423. The molecule has 1 heterocycles. The van der Waals surface area contributed by atoms with Crippen molar-refractivity contribution in [2.24, 2.45) is 11.8 Å². The van der Waals surface area contributed by atoms with Crippen molar-refractivity contribution >= 4 is 12.0 Å². The molecule has 2 bridgehead atoms. The highest BCUT2D eigenvalue weighted by molar-refractivity contribution is 5.79. The zero-order valence-corrected chi connectivity index (χ0v) is 35.0. The minimum atomic E-state index is -1.65. The third-order valence-corrected chi connectivity index (χ3v) is 12.1. The normalized spacial score (nSPS) is 26.4. The zero-order chi connectivity index (χ0) is 42.1. The van der Waals surface area contributed by atoms with Crippen molar-refractivity contribution in [1.82, 2.24) is 20.4 Å². The molecule has 58 heavy (non-hydrogen) atoms. The Balaban J connectivity index is 1.14. The lowest BCUT2D eigenvalue weighted by Gasteiger charge is -2.54. The van der Waals surface area contributed by atoms with E-state index in [9.17, 15) is 35.3 Å². The highest BCUT2D eigenvalue weighted by atomic mass is 16.6. The molecule has 0 radical (unpaired) electrons. The predicted octanol–water partition coefficient (Wildman–Crippen LogP) is 2.50. The van der Waals surface area contributed by atoms with Gasteiger partial charge in [0.1, 0.15) is 43.3 Å². The van der Waals surface area contributed by atoms with E-state index in [1.54, 1.807) is 4.90 Å². The smallest absolute Gasteiger partial charge is 0.407 e. The van der Waals surface area contributed by atoms with Crippen LogP contribution in [0, 0.1) is 23.2 Å². The first-order chi connectivity index (χ1) is 27.8. The summed E-state index contributed by atoms with van der Waals surface area (Å²) < 4.78 is 17.8. The highest BCUT2D eigenvalue weighted by Gasteiger charge is 2.50. The molecule has 2 saturated carbocycles. The molecular formula is C43H71N5O10. The van der Waals surface area contributed by atoms with Crippen LogP contribution in [0.1, 0.15) is 97.0 Å². The molecule has 1 aromatic rings. The van der Waals surface area contributed by atoms with Gasteiger partial charge in [0.2, 0.25) is 5.91 Å². The van der Waals surface area contributed by atoms with Crippen LogP contribution in [-0.2, 0) is 20.7 Å². The number of nitrogens with one attached hydrogen (secondary N) is 2. The number of aliphatic hydroxyl groups is 5. The van der Waals surface area contributed by atoms with E-state index in [1.165, 1.54) is 0 Å². The summed E-state index contributed by atoms with van der Waals surface area (Å²) in [6.07, 6.45) is 4.53. The molecule has 15 heteroatoms. The standard InChI is InChI=1S/C43H71N5O10/c1-4-5-6-7-16-47(28-36(50)39(53)40(54)37(51)29-49)18-14-32-10-12-35(13-11-32)56-19-15-45-41(55)57-20-21-58-43-23-31(2)22-33(25-43)24-42(3,30-43)46-27-38(52)48-17-8-9-34(48)26-44/h10-13,31,33-34,36-37,39-40,46,49-51,53-54H,4-9,14-25,27-30H2,1-3H3,(H,45,55)/t31-,33?,34+,36+,37-,39-,40-,42?,43?/m1/s1. The fraction of sp³-hybridized carbons (Fsp3) is 0.791. The summed E-state index contributed by atoms with van der Waals surface area (Å²) in [6, 6.07) is 9.56. The van der Waals surface area contributed by atoms with Crippen molar-refractivity contribution in [1.29, 1.82) is 5.26 Å². The number of ether oxygens (including phenoxy) is 3. The van der Waals surface area contributed by atoms with Crippen LogP contribution in [0.4, 0.5) is 4.79 Å². The van der Waals surface area contributed by atoms with Crippen LogP contribution in [0.2, 0.25) is 0 Å². The number of aliphatic hydroxyl groups excluding tert-OH is 5. The van der Waals surface area contributed by atoms with E-state index in [2.05, 4.69) is 37.5 Å². The lowest BCUT2D eigenvalue weighted by molar-refractivity contribution is -0.146. The predicted molar refractivity (Wildman–Crippen MR) is 218 cm³/mol. The Kier molecular flexibility index (Phi) is 19.4. The summed E-state index contributed by atoms with van der Waals surface area (Å²) in [5, 5.41) is 65.4. The first kappa shape index (κ1) is 47.6. The molecule has 0 spiro atoms. The van der Waals surface area contributed by atoms with Gasteiger partial charge in [0, 0.05) is 25.2 Å². The van der Waals surface area contributed by atoms with Crippen LogP contribution in [0.15, 0.2) is 24.3 Å². The molecule has 1 aliphatic heterocycles. The third kappa shape index (κ3) is 14.9. The number of carbonyl (C=O) groups excluding carboxylic acids is 2. The first-order valence-corrected chi connectivity index (χ1v) is 21.5. The van der Waals surface area contributed by atoms with Crippen molar-refractivity contribution in [3.63, 3.8) is 0 Å². The van der Waals surface area contributed by atoms with E-state index in [0.717, 1.165) is 76.2 Å². The summed E-state index contributed by atoms with van der Waals surface area (Å²) >= 11 is 0. The van der Waals surface area contributed by atoms with Gasteiger partial charge in [0.25, 0.3) is 0 Å². The number of unbranched alkanes of at least 4 members (excludes halogenated alkanes) is 3. The second-order valence-electron chi connectivity index (χ2n) is 17.3. The van der Waals surface area contributed by atoms with E-state index in [1.807, 2.05) is 29.2 Å². The molecule has 1 aromatic carbocycles. The van der Waals surface area contributed by atoms with Crippen LogP contribution < -0.4 is 15.4 Å². The molecule has 2 amide bonds. The topological polar surface area (TPSA) is 217 Å². The molecular weight excluding hydrogens is 746 g/mol. The fourth-order valence-corrected chi connectivity index (χ4v) is 9.39.